The van der Waals surface area contributed by atoms with Crippen LogP contribution >= 0.6 is 0 Å². The number of aromatic nitrogens is 1. The Kier molecular flexibility index (Phi) is 14.4. The van der Waals surface area contributed by atoms with Crippen molar-refractivity contribution in [2.75, 3.05) is 13.1 Å². The lowest BCUT2D eigenvalue weighted by Crippen LogP contribution is -2.51. The molecule has 2 rings (SSSR count). The van der Waals surface area contributed by atoms with Crippen molar-refractivity contribution in [3.63, 3.8) is 0 Å². The molecule has 2 aromatic rings. The molecule has 0 aliphatic rings. The molecule has 196 valence electrons. The Hall–Kier alpha value is -3.49. The van der Waals surface area contributed by atoms with Crippen molar-refractivity contribution in [3.05, 3.63) is 82.8 Å². The number of amides is 2. The zero-order valence-electron chi connectivity index (χ0n) is 21.6. The zero-order chi connectivity index (χ0) is 26.9. The Morgan fingerprint density at radius 3 is 2.36 bits per heavy atom. The summed E-state index contributed by atoms with van der Waals surface area (Å²) in [5.41, 5.74) is 1.80. The summed E-state index contributed by atoms with van der Waals surface area (Å²) in [5, 5.41) is 23.1. The number of benzene rings is 1. The van der Waals surface area contributed by atoms with Crippen LogP contribution in [0.3, 0.4) is 0 Å². The number of nitrogens with one attached hydrogen (secondary N) is 2. The fraction of sp³-hybridized carbons (Fsp3) is 0.393. The molecule has 0 aliphatic carbocycles. The smallest absolute Gasteiger partial charge is 0.255 e. The summed E-state index contributed by atoms with van der Waals surface area (Å²) in [4.78, 5) is 41.0. The third-order valence-corrected chi connectivity index (χ3v) is 5.18. The molecule has 0 fully saturated rings. The molecule has 4 N–H and O–H groups in total. The van der Waals surface area contributed by atoms with Crippen molar-refractivity contribution >= 4 is 11.8 Å². The molecular formula is C28H39N3O5. The Labute approximate surface area is 213 Å². The van der Waals surface area contributed by atoms with E-state index in [9.17, 15) is 24.6 Å². The number of aliphatic hydroxyl groups excluding tert-OH is 2. The van der Waals surface area contributed by atoms with Crippen molar-refractivity contribution in [2.24, 2.45) is 0 Å². The summed E-state index contributed by atoms with van der Waals surface area (Å²) in [5.74, 6) is -1.52. The maximum atomic E-state index is 12.6. The molecule has 8 heteroatoms. The van der Waals surface area contributed by atoms with Crippen molar-refractivity contribution in [1.29, 1.82) is 0 Å². The topological polar surface area (TPSA) is 123 Å². The predicted molar refractivity (Wildman–Crippen MR) is 143 cm³/mol. The van der Waals surface area contributed by atoms with E-state index in [-0.39, 0.29) is 12.1 Å². The summed E-state index contributed by atoms with van der Waals surface area (Å²) in [6.07, 6.45) is 6.66. The fourth-order valence-electron chi connectivity index (χ4n) is 3.33. The number of carbonyl (C=O) groups is 2. The number of nitrogens with zero attached hydrogens (tertiary/aromatic N) is 1. The van der Waals surface area contributed by atoms with Gasteiger partial charge in [-0.3, -0.25) is 14.4 Å². The largest absolute Gasteiger partial charge is 0.380 e. The van der Waals surface area contributed by atoms with E-state index in [1.165, 1.54) is 4.90 Å². The minimum atomic E-state index is -1.88. The average Bonchev–Trinajstić information content (AvgIpc) is 2.91. The third-order valence-electron chi connectivity index (χ3n) is 5.18. The van der Waals surface area contributed by atoms with Crippen molar-refractivity contribution in [3.8, 4) is 11.1 Å². The zero-order valence-corrected chi connectivity index (χ0v) is 21.6. The standard InChI is InChI=1S/C26H33N3O5.C2H6/c1-3-5-6-7-8-17-29(16-4-2)26(34)23(31)22(30)25(33)28-18-19-11-13-20(14-12-19)21-10-9-15-27-24(21)32;1-2/h3,5-7,9-15,22-23,30-31H,4,8,16-18H2,1-2H3,(H,27,32)(H,28,33);1-2H3/b5-3-,7-6-;. The lowest BCUT2D eigenvalue weighted by atomic mass is 10.1. The Morgan fingerprint density at radius 2 is 1.75 bits per heavy atom. The minimum absolute atomic E-state index is 0.0939. The first-order valence-corrected chi connectivity index (χ1v) is 12.4. The number of hydrogen-bond donors (Lipinski definition) is 4. The maximum Gasteiger partial charge on any atom is 0.255 e. The van der Waals surface area contributed by atoms with Crippen molar-refractivity contribution in [2.45, 2.75) is 59.3 Å². The van der Waals surface area contributed by atoms with Gasteiger partial charge in [-0.2, -0.15) is 0 Å². The van der Waals surface area contributed by atoms with Gasteiger partial charge in [0.1, 0.15) is 0 Å². The molecule has 0 bridgehead atoms. The summed E-state index contributed by atoms with van der Waals surface area (Å²) >= 11 is 0. The van der Waals surface area contributed by atoms with Crippen LogP contribution in [-0.2, 0) is 16.1 Å². The van der Waals surface area contributed by atoms with Gasteiger partial charge >= 0.3 is 0 Å². The van der Waals surface area contributed by atoms with Crippen molar-refractivity contribution in [1.82, 2.24) is 15.2 Å². The number of hydrogen-bond acceptors (Lipinski definition) is 5. The highest BCUT2D eigenvalue weighted by Crippen LogP contribution is 2.15. The third kappa shape index (κ3) is 9.64. The number of pyridine rings is 1. The van der Waals surface area contributed by atoms with Gasteiger partial charge < -0.3 is 25.4 Å². The van der Waals surface area contributed by atoms with Gasteiger partial charge in [-0.1, -0.05) is 69.3 Å². The van der Waals surface area contributed by atoms with Crippen LogP contribution in [0.25, 0.3) is 11.1 Å². The molecule has 0 spiro atoms. The fourth-order valence-corrected chi connectivity index (χ4v) is 3.33. The van der Waals surface area contributed by atoms with Crippen LogP contribution in [0.1, 0.15) is 46.1 Å². The molecule has 1 aromatic heterocycles. The Morgan fingerprint density at radius 1 is 1.06 bits per heavy atom. The molecule has 8 nitrogen and oxygen atoms in total. The van der Waals surface area contributed by atoms with E-state index < -0.39 is 24.0 Å². The second-order valence-electron chi connectivity index (χ2n) is 7.79. The Bertz CT molecular complexity index is 1040. The van der Waals surface area contributed by atoms with Gasteiger partial charge in [-0.25, -0.2) is 0 Å². The summed E-state index contributed by atoms with van der Waals surface area (Å²) in [6.45, 7) is 8.70. The van der Waals surface area contributed by atoms with Gasteiger partial charge in [0.05, 0.1) is 0 Å². The van der Waals surface area contributed by atoms with E-state index in [0.717, 1.165) is 11.1 Å². The van der Waals surface area contributed by atoms with E-state index in [4.69, 9.17) is 0 Å². The molecular weight excluding hydrogens is 458 g/mol. The highest BCUT2D eigenvalue weighted by molar-refractivity contribution is 5.90. The molecule has 36 heavy (non-hydrogen) atoms. The van der Waals surface area contributed by atoms with E-state index in [2.05, 4.69) is 10.3 Å². The van der Waals surface area contributed by atoms with Crippen LogP contribution in [0.2, 0.25) is 0 Å². The highest BCUT2D eigenvalue weighted by atomic mass is 16.3. The minimum Gasteiger partial charge on any atom is -0.380 e. The van der Waals surface area contributed by atoms with Gasteiger partial charge in [-0.05, 0) is 43.0 Å². The number of rotatable bonds is 12. The number of aliphatic hydroxyl groups is 2. The van der Waals surface area contributed by atoms with Gasteiger partial charge in [-0.15, -0.1) is 0 Å². The number of aromatic amines is 1. The molecule has 0 saturated carbocycles. The molecule has 1 heterocycles. The predicted octanol–water partition coefficient (Wildman–Crippen LogP) is 3.17. The van der Waals surface area contributed by atoms with Crippen LogP contribution in [0.4, 0.5) is 0 Å². The van der Waals surface area contributed by atoms with E-state index in [1.54, 1.807) is 42.6 Å². The molecule has 0 saturated heterocycles. The van der Waals surface area contributed by atoms with Crippen LogP contribution in [0.15, 0.2) is 71.7 Å². The van der Waals surface area contributed by atoms with Gasteiger partial charge in [0.25, 0.3) is 17.4 Å². The van der Waals surface area contributed by atoms with Crippen LogP contribution < -0.4 is 10.9 Å². The number of allylic oxidation sites excluding steroid dienone is 3. The Balaban J connectivity index is 0.00000316. The molecule has 2 atom stereocenters. The summed E-state index contributed by atoms with van der Waals surface area (Å²) in [6, 6.07) is 10.5. The average molecular weight is 498 g/mol. The highest BCUT2D eigenvalue weighted by Gasteiger charge is 2.32. The number of H-pyrrole nitrogens is 1. The quantitative estimate of drug-likeness (QED) is 0.336. The SMILES string of the molecule is C/C=C\C=C/CCN(CCC)C(=O)C(O)C(O)C(=O)NCc1ccc(-c2ccc[nH]c2=O)cc1.CC. The first-order chi connectivity index (χ1) is 17.4. The van der Waals surface area contributed by atoms with Crippen LogP contribution in [0.5, 0.6) is 0 Å². The first-order valence-electron chi connectivity index (χ1n) is 12.4. The van der Waals surface area contributed by atoms with E-state index in [0.29, 0.717) is 31.5 Å². The van der Waals surface area contributed by atoms with Crippen molar-refractivity contribution < 1.29 is 19.8 Å². The van der Waals surface area contributed by atoms with Gasteiger partial charge in [0, 0.05) is 31.4 Å². The van der Waals surface area contributed by atoms with E-state index in [1.807, 2.05) is 52.0 Å². The van der Waals surface area contributed by atoms with Gasteiger partial charge in [0.15, 0.2) is 12.2 Å². The summed E-state index contributed by atoms with van der Waals surface area (Å²) < 4.78 is 0. The second-order valence-corrected chi connectivity index (χ2v) is 7.79. The first kappa shape index (κ1) is 30.5. The normalized spacial score (nSPS) is 12.6. The van der Waals surface area contributed by atoms with E-state index >= 15 is 0 Å². The van der Waals surface area contributed by atoms with Crippen LogP contribution in [-0.4, -0.2) is 57.2 Å². The molecule has 0 radical (unpaired) electrons. The summed E-state index contributed by atoms with van der Waals surface area (Å²) in [7, 11) is 0. The van der Waals surface area contributed by atoms with Crippen LogP contribution in [0, 0.1) is 0 Å². The number of carbonyl (C=O) groups excluding carboxylic acids is 2. The van der Waals surface area contributed by atoms with Gasteiger partial charge in [0.2, 0.25) is 0 Å². The molecule has 2 amide bonds. The second kappa shape index (κ2) is 17.0. The monoisotopic (exact) mass is 497 g/mol. The lowest BCUT2D eigenvalue weighted by molar-refractivity contribution is -0.153. The maximum absolute atomic E-state index is 12.6. The lowest BCUT2D eigenvalue weighted by Gasteiger charge is -2.26. The molecule has 0 aliphatic heterocycles. The molecule has 2 unspecified atom stereocenters. The molecule has 1 aromatic carbocycles.